The van der Waals surface area contributed by atoms with Gasteiger partial charge in [0.05, 0.1) is 22.2 Å². The summed E-state index contributed by atoms with van der Waals surface area (Å²) >= 11 is 0. The Balaban J connectivity index is 1.41. The molecule has 0 aliphatic carbocycles. The first kappa shape index (κ1) is 21.0. The third kappa shape index (κ3) is 3.91. The van der Waals surface area contributed by atoms with Gasteiger partial charge in [-0.1, -0.05) is 6.07 Å². The largest absolute Gasteiger partial charge is 0.335 e. The fourth-order valence-corrected chi connectivity index (χ4v) is 4.45. The topological polar surface area (TPSA) is 95.3 Å². The third-order valence-corrected chi connectivity index (χ3v) is 7.22. The van der Waals surface area contributed by atoms with Crippen LogP contribution < -0.4 is 0 Å². The second-order valence-corrected chi connectivity index (χ2v) is 9.64. The molecular formula is C21H23N5O4S. The highest BCUT2D eigenvalue weighted by atomic mass is 32.2. The Hall–Kier alpha value is -3.24. The summed E-state index contributed by atoms with van der Waals surface area (Å²) in [5.41, 5.74) is 1.71. The normalized spacial score (nSPS) is 14.9. The molecule has 1 saturated heterocycles. The van der Waals surface area contributed by atoms with Crippen LogP contribution in [0, 0.1) is 0 Å². The molecule has 0 spiro atoms. The number of hydrogen-bond acceptors (Lipinski definition) is 5. The molecule has 9 nitrogen and oxygen atoms in total. The molecule has 0 radical (unpaired) electrons. The molecule has 3 heterocycles. The molecule has 162 valence electrons. The smallest absolute Gasteiger partial charge is 0.257 e. The Bertz CT molecular complexity index is 1230. The van der Waals surface area contributed by atoms with Crippen LogP contribution in [0.4, 0.5) is 0 Å². The molecule has 31 heavy (non-hydrogen) atoms. The SMILES string of the molecule is CN(C)S(=O)(=O)c1ccc(C(=O)N2CCN(C(=O)c3cnn4ccccc34)CC2)cc1. The summed E-state index contributed by atoms with van der Waals surface area (Å²) in [6, 6.07) is 11.5. The van der Waals surface area contributed by atoms with Crippen molar-refractivity contribution in [3.05, 3.63) is 66.0 Å². The fourth-order valence-electron chi connectivity index (χ4n) is 3.55. The van der Waals surface area contributed by atoms with Gasteiger partial charge in [-0.15, -0.1) is 0 Å². The van der Waals surface area contributed by atoms with E-state index in [0.29, 0.717) is 37.3 Å². The van der Waals surface area contributed by atoms with Gasteiger partial charge in [0.2, 0.25) is 10.0 Å². The van der Waals surface area contributed by atoms with Gasteiger partial charge in [-0.05, 0) is 36.4 Å². The Morgan fingerprint density at radius 2 is 1.52 bits per heavy atom. The van der Waals surface area contributed by atoms with E-state index in [0.717, 1.165) is 9.82 Å². The van der Waals surface area contributed by atoms with E-state index >= 15 is 0 Å². The number of rotatable bonds is 4. The molecule has 0 N–H and O–H groups in total. The van der Waals surface area contributed by atoms with Crippen molar-refractivity contribution < 1.29 is 18.0 Å². The van der Waals surface area contributed by atoms with E-state index in [-0.39, 0.29) is 16.7 Å². The number of carbonyl (C=O) groups is 2. The summed E-state index contributed by atoms with van der Waals surface area (Å²) in [5, 5.41) is 4.21. The average molecular weight is 442 g/mol. The minimum atomic E-state index is -3.54. The first-order chi connectivity index (χ1) is 14.8. The van der Waals surface area contributed by atoms with Crippen LogP contribution in [0.2, 0.25) is 0 Å². The van der Waals surface area contributed by atoms with Crippen LogP contribution in [0.1, 0.15) is 20.7 Å². The van der Waals surface area contributed by atoms with E-state index in [1.165, 1.54) is 38.4 Å². The van der Waals surface area contributed by atoms with Gasteiger partial charge in [-0.3, -0.25) is 9.59 Å². The van der Waals surface area contributed by atoms with Gasteiger partial charge in [0.1, 0.15) is 0 Å². The number of nitrogens with zero attached hydrogens (tertiary/aromatic N) is 5. The number of fused-ring (bicyclic) bond motifs is 1. The molecule has 2 aromatic heterocycles. The van der Waals surface area contributed by atoms with Crippen LogP contribution in [0.3, 0.4) is 0 Å². The molecule has 0 bridgehead atoms. The summed E-state index contributed by atoms with van der Waals surface area (Å²) in [4.78, 5) is 29.3. The van der Waals surface area contributed by atoms with Gasteiger partial charge in [-0.25, -0.2) is 17.2 Å². The lowest BCUT2D eigenvalue weighted by Gasteiger charge is -2.34. The molecule has 4 rings (SSSR count). The molecular weight excluding hydrogens is 418 g/mol. The highest BCUT2D eigenvalue weighted by molar-refractivity contribution is 7.89. The number of hydrogen-bond donors (Lipinski definition) is 0. The van der Waals surface area contributed by atoms with Crippen LogP contribution in [0.25, 0.3) is 5.52 Å². The van der Waals surface area contributed by atoms with Crippen molar-refractivity contribution in [2.24, 2.45) is 0 Å². The lowest BCUT2D eigenvalue weighted by molar-refractivity contribution is 0.0536. The average Bonchev–Trinajstić information content (AvgIpc) is 3.22. The maximum Gasteiger partial charge on any atom is 0.257 e. The summed E-state index contributed by atoms with van der Waals surface area (Å²) in [6.45, 7) is 1.65. The summed E-state index contributed by atoms with van der Waals surface area (Å²) in [6.07, 6.45) is 3.36. The van der Waals surface area contributed by atoms with Crippen molar-refractivity contribution in [3.8, 4) is 0 Å². The zero-order valence-electron chi connectivity index (χ0n) is 17.3. The molecule has 1 fully saturated rings. The Morgan fingerprint density at radius 3 is 2.13 bits per heavy atom. The first-order valence-corrected chi connectivity index (χ1v) is 11.3. The van der Waals surface area contributed by atoms with Crippen LogP contribution >= 0.6 is 0 Å². The standard InChI is InChI=1S/C21H23N5O4S/c1-23(2)31(29,30)17-8-6-16(7-9-17)20(27)24-11-13-25(14-12-24)21(28)18-15-22-26-10-4-3-5-19(18)26/h3-10,15H,11-14H2,1-2H3. The Labute approximate surface area is 180 Å². The molecule has 3 aromatic rings. The number of benzene rings is 1. The van der Waals surface area contributed by atoms with Crippen molar-refractivity contribution in [2.45, 2.75) is 4.90 Å². The van der Waals surface area contributed by atoms with Crippen LogP contribution in [-0.4, -0.2) is 84.2 Å². The minimum Gasteiger partial charge on any atom is -0.335 e. The maximum atomic E-state index is 12.9. The number of carbonyl (C=O) groups excluding carboxylic acids is 2. The molecule has 0 atom stereocenters. The molecule has 0 unspecified atom stereocenters. The van der Waals surface area contributed by atoms with Crippen LogP contribution in [0.15, 0.2) is 59.8 Å². The van der Waals surface area contributed by atoms with Gasteiger partial charge in [0.15, 0.2) is 0 Å². The zero-order valence-corrected chi connectivity index (χ0v) is 18.1. The lowest BCUT2D eigenvalue weighted by Crippen LogP contribution is -2.50. The first-order valence-electron chi connectivity index (χ1n) is 9.82. The van der Waals surface area contributed by atoms with Crippen LogP contribution in [-0.2, 0) is 10.0 Å². The monoisotopic (exact) mass is 441 g/mol. The van der Waals surface area contributed by atoms with Gasteiger partial charge in [-0.2, -0.15) is 5.10 Å². The van der Waals surface area contributed by atoms with Crippen LogP contribution in [0.5, 0.6) is 0 Å². The number of piperazine rings is 1. The van der Waals surface area contributed by atoms with E-state index in [1.807, 2.05) is 18.2 Å². The fraction of sp³-hybridized carbons (Fsp3) is 0.286. The highest BCUT2D eigenvalue weighted by Crippen LogP contribution is 2.18. The second-order valence-electron chi connectivity index (χ2n) is 7.48. The minimum absolute atomic E-state index is 0.105. The van der Waals surface area contributed by atoms with E-state index in [9.17, 15) is 18.0 Å². The zero-order chi connectivity index (χ0) is 22.2. The Morgan fingerprint density at radius 1 is 0.903 bits per heavy atom. The van der Waals surface area contributed by atoms with E-state index in [2.05, 4.69) is 5.10 Å². The highest BCUT2D eigenvalue weighted by Gasteiger charge is 2.27. The predicted octanol–water partition coefficient (Wildman–Crippen LogP) is 1.18. The maximum absolute atomic E-state index is 12.9. The van der Waals surface area contributed by atoms with Crippen molar-refractivity contribution in [1.29, 1.82) is 0 Å². The van der Waals surface area contributed by atoms with Gasteiger partial charge in [0.25, 0.3) is 11.8 Å². The van der Waals surface area contributed by atoms with Gasteiger partial charge < -0.3 is 9.80 Å². The Kier molecular flexibility index (Phi) is 5.50. The number of sulfonamides is 1. The number of aromatic nitrogens is 2. The molecule has 0 saturated carbocycles. The number of pyridine rings is 1. The molecule has 1 aliphatic rings. The van der Waals surface area contributed by atoms with E-state index in [1.54, 1.807) is 26.7 Å². The van der Waals surface area contributed by atoms with E-state index in [4.69, 9.17) is 0 Å². The van der Waals surface area contributed by atoms with Crippen molar-refractivity contribution in [1.82, 2.24) is 23.7 Å². The second kappa shape index (κ2) is 8.12. The summed E-state index contributed by atoms with van der Waals surface area (Å²) in [5.74, 6) is -0.288. The van der Waals surface area contributed by atoms with Gasteiger partial charge >= 0.3 is 0 Å². The molecule has 10 heteroatoms. The van der Waals surface area contributed by atoms with Crippen molar-refractivity contribution in [2.75, 3.05) is 40.3 Å². The molecule has 2 amide bonds. The molecule has 1 aromatic carbocycles. The van der Waals surface area contributed by atoms with E-state index < -0.39 is 10.0 Å². The summed E-state index contributed by atoms with van der Waals surface area (Å²) < 4.78 is 27.2. The predicted molar refractivity (Wildman–Crippen MR) is 114 cm³/mol. The molecule has 1 aliphatic heterocycles. The third-order valence-electron chi connectivity index (χ3n) is 5.39. The van der Waals surface area contributed by atoms with Crippen molar-refractivity contribution in [3.63, 3.8) is 0 Å². The summed E-state index contributed by atoms with van der Waals surface area (Å²) in [7, 11) is -0.620. The lowest BCUT2D eigenvalue weighted by atomic mass is 10.1. The van der Waals surface area contributed by atoms with Crippen molar-refractivity contribution >= 4 is 27.4 Å². The van der Waals surface area contributed by atoms with Gasteiger partial charge in [0, 0.05) is 52.0 Å². The number of amides is 2. The quantitative estimate of drug-likeness (QED) is 0.606.